The molecule has 0 aliphatic carbocycles. The number of sulfonamides is 1. The van der Waals surface area contributed by atoms with Crippen LogP contribution in [0, 0.1) is 13.8 Å². The van der Waals surface area contributed by atoms with Crippen LogP contribution in [-0.2, 0) is 27.8 Å². The Kier molecular flexibility index (Phi) is 7.48. The van der Waals surface area contributed by atoms with E-state index in [9.17, 15) is 13.2 Å². The van der Waals surface area contributed by atoms with Gasteiger partial charge in [-0.15, -0.1) is 0 Å². The summed E-state index contributed by atoms with van der Waals surface area (Å²) in [6.45, 7) is 4.00. The molecular formula is C22H25ClN4O3S. The first-order valence-electron chi connectivity index (χ1n) is 9.84. The Morgan fingerprint density at radius 2 is 1.74 bits per heavy atom. The normalized spacial score (nSPS) is 11.5. The van der Waals surface area contributed by atoms with Crippen molar-refractivity contribution < 1.29 is 13.2 Å². The molecule has 3 aromatic rings. The lowest BCUT2D eigenvalue weighted by atomic mass is 10.1. The fourth-order valence-corrected chi connectivity index (χ4v) is 4.20. The Hall–Kier alpha value is -2.68. The van der Waals surface area contributed by atoms with Crippen molar-refractivity contribution in [3.63, 3.8) is 0 Å². The van der Waals surface area contributed by atoms with Crippen molar-refractivity contribution >= 4 is 27.5 Å². The second kappa shape index (κ2) is 10.1. The highest BCUT2D eigenvalue weighted by Crippen LogP contribution is 2.20. The number of carbonyl (C=O) groups is 1. The number of hydrogen-bond acceptors (Lipinski definition) is 4. The van der Waals surface area contributed by atoms with Gasteiger partial charge < -0.3 is 5.32 Å². The molecule has 0 radical (unpaired) electrons. The standard InChI is InChI=1S/C22H25ClN4O3S/c1-16-21(17(2)27(26-16)20-10-8-19(23)9-11-20)14-22(28)24-12-13-31(29,30)25-15-18-6-4-3-5-7-18/h3-11,25H,12-15H2,1-2H3,(H,24,28). The summed E-state index contributed by atoms with van der Waals surface area (Å²) < 4.78 is 28.6. The molecule has 0 spiro atoms. The zero-order valence-corrected chi connectivity index (χ0v) is 19.0. The van der Waals surface area contributed by atoms with Gasteiger partial charge in [0, 0.05) is 29.4 Å². The quantitative estimate of drug-likeness (QED) is 0.513. The molecule has 0 bridgehead atoms. The van der Waals surface area contributed by atoms with E-state index in [-0.39, 0.29) is 31.2 Å². The first-order chi connectivity index (χ1) is 14.7. The number of hydrogen-bond donors (Lipinski definition) is 2. The van der Waals surface area contributed by atoms with E-state index >= 15 is 0 Å². The molecule has 31 heavy (non-hydrogen) atoms. The zero-order chi connectivity index (χ0) is 22.4. The second-order valence-corrected chi connectivity index (χ2v) is 9.55. The molecule has 1 heterocycles. The first-order valence-corrected chi connectivity index (χ1v) is 11.9. The van der Waals surface area contributed by atoms with E-state index in [2.05, 4.69) is 15.1 Å². The van der Waals surface area contributed by atoms with Crippen LogP contribution >= 0.6 is 11.6 Å². The van der Waals surface area contributed by atoms with E-state index in [1.54, 1.807) is 16.8 Å². The van der Waals surface area contributed by atoms with E-state index in [1.165, 1.54) is 0 Å². The zero-order valence-electron chi connectivity index (χ0n) is 17.4. The lowest BCUT2D eigenvalue weighted by molar-refractivity contribution is -0.120. The Morgan fingerprint density at radius 1 is 1.06 bits per heavy atom. The van der Waals surface area contributed by atoms with Crippen molar-refractivity contribution in [3.8, 4) is 5.69 Å². The molecule has 0 fully saturated rings. The minimum Gasteiger partial charge on any atom is -0.355 e. The molecule has 164 valence electrons. The Labute approximate surface area is 187 Å². The van der Waals surface area contributed by atoms with Crippen LogP contribution in [0.15, 0.2) is 54.6 Å². The predicted octanol–water partition coefficient (Wildman–Crippen LogP) is 2.92. The molecule has 0 saturated carbocycles. The van der Waals surface area contributed by atoms with E-state index in [4.69, 9.17) is 11.6 Å². The van der Waals surface area contributed by atoms with Gasteiger partial charge in [0.2, 0.25) is 15.9 Å². The topological polar surface area (TPSA) is 93.1 Å². The van der Waals surface area contributed by atoms with Crippen molar-refractivity contribution in [2.75, 3.05) is 12.3 Å². The summed E-state index contributed by atoms with van der Waals surface area (Å²) in [4.78, 5) is 12.4. The van der Waals surface area contributed by atoms with Gasteiger partial charge in [-0.2, -0.15) is 5.10 Å². The van der Waals surface area contributed by atoms with Crippen LogP contribution in [0.1, 0.15) is 22.5 Å². The Bertz CT molecular complexity index is 1140. The number of amides is 1. The largest absolute Gasteiger partial charge is 0.355 e. The summed E-state index contributed by atoms with van der Waals surface area (Å²) in [6, 6.07) is 16.6. The van der Waals surface area contributed by atoms with Crippen LogP contribution in [0.4, 0.5) is 0 Å². The van der Waals surface area contributed by atoms with Gasteiger partial charge in [0.1, 0.15) is 0 Å². The molecule has 2 N–H and O–H groups in total. The number of nitrogens with one attached hydrogen (secondary N) is 2. The van der Waals surface area contributed by atoms with Crippen molar-refractivity contribution in [2.45, 2.75) is 26.8 Å². The number of rotatable bonds is 9. The number of nitrogens with zero attached hydrogens (tertiary/aromatic N) is 2. The van der Waals surface area contributed by atoms with Crippen molar-refractivity contribution in [1.29, 1.82) is 0 Å². The smallest absolute Gasteiger partial charge is 0.224 e. The highest BCUT2D eigenvalue weighted by molar-refractivity contribution is 7.89. The molecule has 3 rings (SSSR count). The minimum absolute atomic E-state index is 0.0341. The number of aromatic nitrogens is 2. The number of halogens is 1. The molecule has 9 heteroatoms. The van der Waals surface area contributed by atoms with E-state index in [0.29, 0.717) is 5.02 Å². The summed E-state index contributed by atoms with van der Waals surface area (Å²) in [5.74, 6) is -0.437. The van der Waals surface area contributed by atoms with Crippen LogP contribution in [0.5, 0.6) is 0 Å². The van der Waals surface area contributed by atoms with Gasteiger partial charge in [0.05, 0.1) is 23.6 Å². The van der Waals surface area contributed by atoms with Crippen LogP contribution in [0.2, 0.25) is 5.02 Å². The maximum Gasteiger partial charge on any atom is 0.224 e. The summed E-state index contributed by atoms with van der Waals surface area (Å²) in [5.41, 5.74) is 4.15. The van der Waals surface area contributed by atoms with Gasteiger partial charge in [-0.3, -0.25) is 4.79 Å². The van der Waals surface area contributed by atoms with Crippen LogP contribution in [-0.4, -0.2) is 36.4 Å². The van der Waals surface area contributed by atoms with E-state index in [1.807, 2.05) is 56.3 Å². The van der Waals surface area contributed by atoms with E-state index < -0.39 is 10.0 Å². The maximum absolute atomic E-state index is 12.4. The fourth-order valence-electron chi connectivity index (χ4n) is 3.17. The molecule has 0 atom stereocenters. The highest BCUT2D eigenvalue weighted by Gasteiger charge is 2.17. The van der Waals surface area contributed by atoms with Crippen LogP contribution in [0.25, 0.3) is 5.69 Å². The third-order valence-corrected chi connectivity index (χ3v) is 6.46. The van der Waals surface area contributed by atoms with Crippen molar-refractivity contribution in [2.24, 2.45) is 0 Å². The third kappa shape index (κ3) is 6.40. The molecule has 0 saturated heterocycles. The number of carbonyl (C=O) groups excluding carboxylic acids is 1. The minimum atomic E-state index is -3.49. The molecule has 2 aromatic carbocycles. The summed E-state index contributed by atoms with van der Waals surface area (Å²) in [5, 5.41) is 7.84. The van der Waals surface area contributed by atoms with Gasteiger partial charge in [-0.1, -0.05) is 41.9 Å². The Morgan fingerprint density at radius 3 is 2.42 bits per heavy atom. The molecule has 7 nitrogen and oxygen atoms in total. The van der Waals surface area contributed by atoms with E-state index in [0.717, 1.165) is 28.2 Å². The fraction of sp³-hybridized carbons (Fsp3) is 0.273. The molecule has 0 aliphatic heterocycles. The van der Waals surface area contributed by atoms with Gasteiger partial charge in [0.15, 0.2) is 0 Å². The summed E-state index contributed by atoms with van der Waals surface area (Å²) >= 11 is 5.95. The molecule has 1 aromatic heterocycles. The SMILES string of the molecule is Cc1nn(-c2ccc(Cl)cc2)c(C)c1CC(=O)NCCS(=O)(=O)NCc1ccccc1. The van der Waals surface area contributed by atoms with Crippen LogP contribution < -0.4 is 10.0 Å². The van der Waals surface area contributed by atoms with Gasteiger partial charge in [-0.05, 0) is 43.7 Å². The monoisotopic (exact) mass is 460 g/mol. The highest BCUT2D eigenvalue weighted by atomic mass is 35.5. The third-order valence-electron chi connectivity index (χ3n) is 4.88. The lowest BCUT2D eigenvalue weighted by Crippen LogP contribution is -2.35. The van der Waals surface area contributed by atoms with Gasteiger partial charge in [0.25, 0.3) is 0 Å². The summed E-state index contributed by atoms with van der Waals surface area (Å²) in [7, 11) is -3.49. The molecular weight excluding hydrogens is 436 g/mol. The average Bonchev–Trinajstić information content (AvgIpc) is 3.02. The molecule has 0 unspecified atom stereocenters. The predicted molar refractivity (Wildman–Crippen MR) is 122 cm³/mol. The average molecular weight is 461 g/mol. The summed E-state index contributed by atoms with van der Waals surface area (Å²) in [6.07, 6.45) is 0.128. The number of benzene rings is 2. The molecule has 1 amide bonds. The second-order valence-electron chi connectivity index (χ2n) is 7.19. The maximum atomic E-state index is 12.4. The van der Waals surface area contributed by atoms with Gasteiger partial charge in [-0.25, -0.2) is 17.8 Å². The molecule has 0 aliphatic rings. The van der Waals surface area contributed by atoms with Crippen molar-refractivity contribution in [1.82, 2.24) is 19.8 Å². The van der Waals surface area contributed by atoms with Gasteiger partial charge >= 0.3 is 0 Å². The van der Waals surface area contributed by atoms with Crippen LogP contribution in [0.3, 0.4) is 0 Å². The first kappa shape index (κ1) is 23.0. The number of aryl methyl sites for hydroxylation is 1. The lowest BCUT2D eigenvalue weighted by Gasteiger charge is -2.09. The van der Waals surface area contributed by atoms with Crippen molar-refractivity contribution in [3.05, 3.63) is 82.1 Å². The Balaban J connectivity index is 1.53.